The predicted octanol–water partition coefficient (Wildman–Crippen LogP) is 4.28. The number of alkyl halides is 3. The molecule has 0 unspecified atom stereocenters. The van der Waals surface area contributed by atoms with Crippen LogP contribution in [-0.4, -0.2) is 20.6 Å². The first-order chi connectivity index (χ1) is 11.9. The van der Waals surface area contributed by atoms with Crippen molar-refractivity contribution in [2.75, 3.05) is 5.32 Å². The molecule has 1 heterocycles. The van der Waals surface area contributed by atoms with Gasteiger partial charge in [-0.1, -0.05) is 11.6 Å². The summed E-state index contributed by atoms with van der Waals surface area (Å²) in [4.78, 5) is 22.8. The molecule has 2 aromatic rings. The van der Waals surface area contributed by atoms with Gasteiger partial charge in [-0.25, -0.2) is 0 Å². The summed E-state index contributed by atoms with van der Waals surface area (Å²) in [5.41, 5.74) is -1.11. The summed E-state index contributed by atoms with van der Waals surface area (Å²) in [6, 6.07) is 1.54. The molecule has 0 aliphatic rings. The Morgan fingerprint density at radius 3 is 2.50 bits per heavy atom. The van der Waals surface area contributed by atoms with Crippen molar-refractivity contribution >= 4 is 28.9 Å². The van der Waals surface area contributed by atoms with Gasteiger partial charge in [0.1, 0.15) is 17.4 Å². The molecule has 1 aromatic heterocycles. The number of nitrogens with zero attached hydrogens (tertiary/aromatic N) is 3. The van der Waals surface area contributed by atoms with Crippen LogP contribution in [0.3, 0.4) is 0 Å². The van der Waals surface area contributed by atoms with Gasteiger partial charge >= 0.3 is 11.9 Å². The lowest BCUT2D eigenvalue weighted by Gasteiger charge is -2.16. The molecule has 140 valence electrons. The maximum atomic E-state index is 12.8. The van der Waals surface area contributed by atoms with Crippen LogP contribution in [-0.2, 0) is 11.0 Å². The van der Waals surface area contributed by atoms with E-state index < -0.39 is 28.6 Å². The second-order valence-electron chi connectivity index (χ2n) is 5.58. The first-order valence-corrected chi connectivity index (χ1v) is 7.69. The Kier molecular flexibility index (Phi) is 5.26. The maximum Gasteiger partial charge on any atom is 0.416 e. The fourth-order valence-corrected chi connectivity index (χ4v) is 2.61. The molecule has 0 aliphatic heterocycles. The minimum atomic E-state index is -4.59. The topological polar surface area (TPSA) is 90.1 Å². The Morgan fingerprint density at radius 1 is 1.38 bits per heavy atom. The standard InChI is InChI=1S/C15H14ClF3N4O3/c1-7-13(23(25)26)8(2)22(21-7)9(3)14(24)20-12-6-10(15(17,18)19)4-5-11(12)16/h4-6,9H,1-3H3,(H,20,24)/t9-/m0/s1. The van der Waals surface area contributed by atoms with Crippen LogP contribution in [0.2, 0.25) is 5.02 Å². The summed E-state index contributed by atoms with van der Waals surface area (Å²) in [7, 11) is 0. The van der Waals surface area contributed by atoms with Gasteiger partial charge in [0.2, 0.25) is 5.91 Å². The van der Waals surface area contributed by atoms with Gasteiger partial charge in [-0.3, -0.25) is 19.6 Å². The van der Waals surface area contributed by atoms with Gasteiger partial charge in [-0.15, -0.1) is 0 Å². The van der Waals surface area contributed by atoms with Gasteiger partial charge in [0.15, 0.2) is 0 Å². The van der Waals surface area contributed by atoms with Gasteiger partial charge in [-0.2, -0.15) is 18.3 Å². The van der Waals surface area contributed by atoms with E-state index >= 15 is 0 Å². The second kappa shape index (κ2) is 6.94. The molecule has 1 amide bonds. The summed E-state index contributed by atoms with van der Waals surface area (Å²) in [6.45, 7) is 4.27. The third-order valence-electron chi connectivity index (χ3n) is 3.77. The molecule has 1 aromatic carbocycles. The van der Waals surface area contributed by atoms with Gasteiger partial charge in [0, 0.05) is 0 Å². The highest BCUT2D eigenvalue weighted by molar-refractivity contribution is 6.33. The van der Waals surface area contributed by atoms with Crippen LogP contribution in [0.5, 0.6) is 0 Å². The summed E-state index contributed by atoms with van der Waals surface area (Å²) in [5, 5.41) is 17.3. The van der Waals surface area contributed by atoms with Crippen molar-refractivity contribution in [3.05, 3.63) is 50.3 Å². The minimum absolute atomic E-state index is 0.0714. The number of hydrogen-bond acceptors (Lipinski definition) is 4. The molecule has 0 saturated heterocycles. The second-order valence-corrected chi connectivity index (χ2v) is 5.99. The van der Waals surface area contributed by atoms with E-state index in [1.165, 1.54) is 20.8 Å². The van der Waals surface area contributed by atoms with Gasteiger partial charge in [0.05, 0.1) is 21.2 Å². The Morgan fingerprint density at radius 2 is 2.00 bits per heavy atom. The molecule has 0 aliphatic carbocycles. The Hall–Kier alpha value is -2.62. The number of nitro groups is 1. The van der Waals surface area contributed by atoms with Gasteiger partial charge in [-0.05, 0) is 39.0 Å². The average molecular weight is 391 g/mol. The molecular weight excluding hydrogens is 377 g/mol. The quantitative estimate of drug-likeness (QED) is 0.623. The largest absolute Gasteiger partial charge is 0.416 e. The maximum absolute atomic E-state index is 12.8. The van der Waals surface area contributed by atoms with Crippen LogP contribution in [0, 0.1) is 24.0 Å². The van der Waals surface area contributed by atoms with E-state index in [1.54, 1.807) is 0 Å². The Labute approximate surface area is 150 Å². The lowest BCUT2D eigenvalue weighted by Crippen LogP contribution is -2.25. The number of anilines is 1. The normalized spacial score (nSPS) is 12.7. The van der Waals surface area contributed by atoms with E-state index in [4.69, 9.17) is 11.6 Å². The summed E-state index contributed by atoms with van der Waals surface area (Å²) in [6.07, 6.45) is -4.59. The van der Waals surface area contributed by atoms with Crippen LogP contribution in [0.25, 0.3) is 0 Å². The molecular formula is C15H14ClF3N4O3. The zero-order chi connectivity index (χ0) is 19.8. The average Bonchev–Trinajstić information content (AvgIpc) is 2.82. The molecule has 0 fully saturated rings. The smallest absolute Gasteiger partial charge is 0.323 e. The van der Waals surface area contributed by atoms with Gasteiger partial charge in [0.25, 0.3) is 0 Å². The van der Waals surface area contributed by atoms with Crippen LogP contribution >= 0.6 is 11.6 Å². The number of halogens is 4. The Balaban J connectivity index is 2.31. The van der Waals surface area contributed by atoms with E-state index in [0.29, 0.717) is 0 Å². The minimum Gasteiger partial charge on any atom is -0.323 e. The summed E-state index contributed by atoms with van der Waals surface area (Å²) >= 11 is 5.85. The first kappa shape index (κ1) is 19.7. The van der Waals surface area contributed by atoms with Crippen molar-refractivity contribution in [1.29, 1.82) is 0 Å². The number of benzene rings is 1. The molecule has 1 atom stereocenters. The zero-order valence-electron chi connectivity index (χ0n) is 13.9. The molecule has 26 heavy (non-hydrogen) atoms. The van der Waals surface area contributed by atoms with E-state index in [1.807, 2.05) is 0 Å². The van der Waals surface area contributed by atoms with Crippen LogP contribution in [0.15, 0.2) is 18.2 Å². The van der Waals surface area contributed by atoms with E-state index in [0.717, 1.165) is 22.9 Å². The third-order valence-corrected chi connectivity index (χ3v) is 4.10. The summed E-state index contributed by atoms with van der Waals surface area (Å²) < 4.78 is 39.6. The highest BCUT2D eigenvalue weighted by atomic mass is 35.5. The number of aromatic nitrogens is 2. The number of carbonyl (C=O) groups is 1. The number of rotatable bonds is 4. The third kappa shape index (κ3) is 3.79. The fraction of sp³-hybridized carbons (Fsp3) is 0.333. The lowest BCUT2D eigenvalue weighted by molar-refractivity contribution is -0.386. The zero-order valence-corrected chi connectivity index (χ0v) is 14.6. The molecule has 1 N–H and O–H groups in total. The monoisotopic (exact) mass is 390 g/mol. The van der Waals surface area contributed by atoms with Crippen molar-refractivity contribution in [3.63, 3.8) is 0 Å². The number of aryl methyl sites for hydroxylation is 1. The number of amides is 1. The fourth-order valence-electron chi connectivity index (χ4n) is 2.44. The molecule has 0 bridgehead atoms. The van der Waals surface area contributed by atoms with Crippen LogP contribution in [0.1, 0.15) is 29.9 Å². The number of nitrogens with one attached hydrogen (secondary N) is 1. The van der Waals surface area contributed by atoms with Crippen molar-refractivity contribution in [3.8, 4) is 0 Å². The van der Waals surface area contributed by atoms with E-state index in [-0.39, 0.29) is 27.8 Å². The SMILES string of the molecule is Cc1nn([C@@H](C)C(=O)Nc2cc(C(F)(F)F)ccc2Cl)c(C)c1[N+](=O)[O-]. The highest BCUT2D eigenvalue weighted by Crippen LogP contribution is 2.34. The van der Waals surface area contributed by atoms with Crippen LogP contribution < -0.4 is 5.32 Å². The highest BCUT2D eigenvalue weighted by Gasteiger charge is 2.32. The molecule has 0 spiro atoms. The molecule has 11 heteroatoms. The van der Waals surface area contributed by atoms with E-state index in [2.05, 4.69) is 10.4 Å². The lowest BCUT2D eigenvalue weighted by atomic mass is 10.2. The van der Waals surface area contributed by atoms with Crippen molar-refractivity contribution in [2.24, 2.45) is 0 Å². The van der Waals surface area contributed by atoms with Crippen molar-refractivity contribution in [1.82, 2.24) is 9.78 Å². The Bertz CT molecular complexity index is 880. The number of hydrogen-bond donors (Lipinski definition) is 1. The molecule has 0 saturated carbocycles. The van der Waals surface area contributed by atoms with E-state index in [9.17, 15) is 28.1 Å². The predicted molar refractivity (Wildman–Crippen MR) is 88.2 cm³/mol. The summed E-state index contributed by atoms with van der Waals surface area (Å²) in [5.74, 6) is -0.716. The van der Waals surface area contributed by atoms with Gasteiger partial charge < -0.3 is 5.32 Å². The molecule has 0 radical (unpaired) electrons. The van der Waals surface area contributed by atoms with Crippen molar-refractivity contribution < 1.29 is 22.9 Å². The molecule has 7 nitrogen and oxygen atoms in total. The van der Waals surface area contributed by atoms with Crippen molar-refractivity contribution in [2.45, 2.75) is 33.0 Å². The first-order valence-electron chi connectivity index (χ1n) is 7.31. The number of carbonyl (C=O) groups excluding carboxylic acids is 1. The van der Waals surface area contributed by atoms with Crippen LogP contribution in [0.4, 0.5) is 24.5 Å². The molecule has 2 rings (SSSR count).